The molecule has 0 bridgehead atoms. The molecular formula is C20H22N2O2S. The zero-order chi connectivity index (χ0) is 17.6. The van der Waals surface area contributed by atoms with Crippen molar-refractivity contribution in [3.8, 4) is 0 Å². The first-order chi connectivity index (χ1) is 12.0. The molecule has 1 aliphatic heterocycles. The lowest BCUT2D eigenvalue weighted by atomic mass is 9.97. The van der Waals surface area contributed by atoms with E-state index in [1.54, 1.807) is 11.3 Å². The van der Waals surface area contributed by atoms with Crippen LogP contribution in [-0.2, 0) is 0 Å². The number of nitrogens with zero attached hydrogens (tertiary/aromatic N) is 2. The minimum atomic E-state index is 0.0951. The lowest BCUT2D eigenvalue weighted by molar-refractivity contribution is 0.0704. The SMILES string of the molecule is Cc1oc(C)c(C(=O)N2CCC[C@H](c3nc4ccccc4s3)C2)c1C. The van der Waals surface area contributed by atoms with Crippen LogP contribution >= 0.6 is 11.3 Å². The Kier molecular flexibility index (Phi) is 4.12. The molecule has 1 atom stereocenters. The van der Waals surface area contributed by atoms with Crippen LogP contribution in [0.15, 0.2) is 28.7 Å². The van der Waals surface area contributed by atoms with Crippen LogP contribution in [0, 0.1) is 20.8 Å². The third-order valence-corrected chi connectivity index (χ3v) is 6.34. The number of carbonyl (C=O) groups is 1. The number of piperidine rings is 1. The van der Waals surface area contributed by atoms with Crippen molar-refractivity contribution in [1.82, 2.24) is 9.88 Å². The minimum Gasteiger partial charge on any atom is -0.466 e. The summed E-state index contributed by atoms with van der Waals surface area (Å²) in [5, 5.41) is 1.15. The van der Waals surface area contributed by atoms with Gasteiger partial charge in [-0.15, -0.1) is 11.3 Å². The third-order valence-electron chi connectivity index (χ3n) is 5.14. The number of hydrogen-bond acceptors (Lipinski definition) is 4. The van der Waals surface area contributed by atoms with E-state index in [2.05, 4.69) is 12.1 Å². The van der Waals surface area contributed by atoms with Gasteiger partial charge in [-0.3, -0.25) is 4.79 Å². The van der Waals surface area contributed by atoms with E-state index in [0.29, 0.717) is 5.92 Å². The van der Waals surface area contributed by atoms with Gasteiger partial charge in [0.1, 0.15) is 11.5 Å². The predicted octanol–water partition coefficient (Wildman–Crippen LogP) is 4.83. The van der Waals surface area contributed by atoms with Crippen molar-refractivity contribution < 1.29 is 9.21 Å². The summed E-state index contributed by atoms with van der Waals surface area (Å²) in [5.74, 6) is 1.98. The summed E-state index contributed by atoms with van der Waals surface area (Å²) in [6.07, 6.45) is 2.10. The van der Waals surface area contributed by atoms with Crippen molar-refractivity contribution >= 4 is 27.5 Å². The molecular weight excluding hydrogens is 332 g/mol. The molecule has 0 spiro atoms. The average Bonchev–Trinajstić information content (AvgIpc) is 3.15. The van der Waals surface area contributed by atoms with Gasteiger partial charge in [-0.2, -0.15) is 0 Å². The lowest BCUT2D eigenvalue weighted by Crippen LogP contribution is -2.39. The van der Waals surface area contributed by atoms with E-state index in [9.17, 15) is 4.79 Å². The maximum Gasteiger partial charge on any atom is 0.257 e. The number of aryl methyl sites for hydroxylation is 2. The Bertz CT molecular complexity index is 907. The van der Waals surface area contributed by atoms with E-state index in [-0.39, 0.29) is 5.91 Å². The summed E-state index contributed by atoms with van der Waals surface area (Å²) in [6.45, 7) is 7.31. The summed E-state index contributed by atoms with van der Waals surface area (Å²) in [4.78, 5) is 19.8. The molecule has 3 heterocycles. The van der Waals surface area contributed by atoms with Gasteiger partial charge in [-0.25, -0.2) is 4.98 Å². The van der Waals surface area contributed by atoms with Crippen molar-refractivity contribution in [2.45, 2.75) is 39.5 Å². The molecule has 0 N–H and O–H groups in total. The van der Waals surface area contributed by atoms with E-state index >= 15 is 0 Å². The predicted molar refractivity (Wildman–Crippen MR) is 100 cm³/mol. The zero-order valence-electron chi connectivity index (χ0n) is 14.8. The minimum absolute atomic E-state index is 0.0951. The molecule has 1 amide bonds. The first-order valence-electron chi connectivity index (χ1n) is 8.76. The molecule has 5 heteroatoms. The van der Waals surface area contributed by atoms with E-state index in [0.717, 1.165) is 59.1 Å². The largest absolute Gasteiger partial charge is 0.466 e. The summed E-state index contributed by atoms with van der Waals surface area (Å²) in [7, 11) is 0. The van der Waals surface area contributed by atoms with Crippen molar-refractivity contribution in [1.29, 1.82) is 0 Å². The highest BCUT2D eigenvalue weighted by atomic mass is 32.1. The molecule has 3 aromatic rings. The fraction of sp³-hybridized carbons (Fsp3) is 0.400. The number of benzene rings is 1. The Hall–Kier alpha value is -2.14. The highest BCUT2D eigenvalue weighted by Gasteiger charge is 2.30. The van der Waals surface area contributed by atoms with Crippen LogP contribution in [0.25, 0.3) is 10.2 Å². The molecule has 2 aromatic heterocycles. The van der Waals surface area contributed by atoms with Gasteiger partial charge in [-0.05, 0) is 45.7 Å². The average molecular weight is 354 g/mol. The highest BCUT2D eigenvalue weighted by molar-refractivity contribution is 7.18. The van der Waals surface area contributed by atoms with Gasteiger partial charge >= 0.3 is 0 Å². The Morgan fingerprint density at radius 2 is 2.04 bits per heavy atom. The van der Waals surface area contributed by atoms with Gasteiger partial charge in [0, 0.05) is 24.6 Å². The molecule has 4 rings (SSSR count). The molecule has 4 nitrogen and oxygen atoms in total. The number of para-hydroxylation sites is 1. The number of aromatic nitrogens is 1. The fourth-order valence-corrected chi connectivity index (χ4v) is 4.79. The van der Waals surface area contributed by atoms with Crippen LogP contribution in [0.1, 0.15) is 51.2 Å². The Balaban J connectivity index is 1.59. The number of thiazole rings is 1. The summed E-state index contributed by atoms with van der Waals surface area (Å²) >= 11 is 1.76. The second-order valence-corrected chi connectivity index (χ2v) is 7.89. The van der Waals surface area contributed by atoms with Gasteiger partial charge in [0.05, 0.1) is 20.8 Å². The molecule has 1 aliphatic rings. The van der Waals surface area contributed by atoms with Crippen LogP contribution in [0.2, 0.25) is 0 Å². The number of rotatable bonds is 2. The number of fused-ring (bicyclic) bond motifs is 1. The zero-order valence-corrected chi connectivity index (χ0v) is 15.7. The smallest absolute Gasteiger partial charge is 0.257 e. The monoisotopic (exact) mass is 354 g/mol. The van der Waals surface area contributed by atoms with Gasteiger partial charge in [0.15, 0.2) is 0 Å². The maximum absolute atomic E-state index is 13.1. The van der Waals surface area contributed by atoms with Crippen LogP contribution in [0.4, 0.5) is 0 Å². The number of carbonyl (C=O) groups excluding carboxylic acids is 1. The summed E-state index contributed by atoms with van der Waals surface area (Å²) in [6, 6.07) is 8.24. The molecule has 1 aromatic carbocycles. The Morgan fingerprint density at radius 1 is 1.24 bits per heavy atom. The van der Waals surface area contributed by atoms with Crippen LogP contribution in [-0.4, -0.2) is 28.9 Å². The third kappa shape index (κ3) is 2.86. The normalized spacial score (nSPS) is 18.0. The fourth-order valence-electron chi connectivity index (χ4n) is 3.69. The molecule has 0 radical (unpaired) electrons. The number of amides is 1. The van der Waals surface area contributed by atoms with Gasteiger partial charge in [0.2, 0.25) is 0 Å². The summed E-state index contributed by atoms with van der Waals surface area (Å²) in [5.41, 5.74) is 2.76. The van der Waals surface area contributed by atoms with E-state index in [4.69, 9.17) is 9.40 Å². The first-order valence-corrected chi connectivity index (χ1v) is 9.57. The second kappa shape index (κ2) is 6.30. The molecule has 0 aliphatic carbocycles. The topological polar surface area (TPSA) is 46.3 Å². The molecule has 0 unspecified atom stereocenters. The van der Waals surface area contributed by atoms with Crippen molar-refractivity contribution in [2.24, 2.45) is 0 Å². The van der Waals surface area contributed by atoms with E-state index < -0.39 is 0 Å². The Morgan fingerprint density at radius 3 is 2.76 bits per heavy atom. The van der Waals surface area contributed by atoms with E-state index in [1.165, 1.54) is 4.70 Å². The first kappa shape index (κ1) is 16.3. The molecule has 25 heavy (non-hydrogen) atoms. The van der Waals surface area contributed by atoms with Crippen molar-refractivity contribution in [3.63, 3.8) is 0 Å². The van der Waals surface area contributed by atoms with Gasteiger partial charge < -0.3 is 9.32 Å². The molecule has 0 saturated carbocycles. The molecule has 1 fully saturated rings. The van der Waals surface area contributed by atoms with Crippen LogP contribution < -0.4 is 0 Å². The number of hydrogen-bond donors (Lipinski definition) is 0. The van der Waals surface area contributed by atoms with Gasteiger partial charge in [0.25, 0.3) is 5.91 Å². The van der Waals surface area contributed by atoms with Crippen molar-refractivity contribution in [2.75, 3.05) is 13.1 Å². The van der Waals surface area contributed by atoms with Crippen molar-refractivity contribution in [3.05, 3.63) is 51.9 Å². The quantitative estimate of drug-likeness (QED) is 0.662. The molecule has 1 saturated heterocycles. The van der Waals surface area contributed by atoms with E-state index in [1.807, 2.05) is 37.8 Å². The number of furan rings is 1. The van der Waals surface area contributed by atoms with Crippen LogP contribution in [0.3, 0.4) is 0 Å². The number of likely N-dealkylation sites (tertiary alicyclic amines) is 1. The maximum atomic E-state index is 13.1. The van der Waals surface area contributed by atoms with Crippen LogP contribution in [0.5, 0.6) is 0 Å². The Labute approximate surface area is 151 Å². The van der Waals surface area contributed by atoms with Gasteiger partial charge in [-0.1, -0.05) is 12.1 Å². The standard InChI is InChI=1S/C20H22N2O2S/c1-12-13(2)24-14(3)18(12)20(23)22-10-6-7-15(11-22)19-21-16-8-4-5-9-17(16)25-19/h4-5,8-9,15H,6-7,10-11H2,1-3H3/t15-/m0/s1. The highest BCUT2D eigenvalue weighted by Crippen LogP contribution is 2.34. The lowest BCUT2D eigenvalue weighted by Gasteiger charge is -2.32. The molecule has 130 valence electrons. The summed E-state index contributed by atoms with van der Waals surface area (Å²) < 4.78 is 6.87. The second-order valence-electron chi connectivity index (χ2n) is 6.82.